The first-order chi connectivity index (χ1) is 10.0. The topological polar surface area (TPSA) is 99.1 Å². The zero-order valence-electron chi connectivity index (χ0n) is 11.7. The summed E-state index contributed by atoms with van der Waals surface area (Å²) in [6, 6.07) is 3.13. The molecule has 3 N–H and O–H groups in total. The van der Waals surface area contributed by atoms with Gasteiger partial charge in [0.25, 0.3) is 5.91 Å². The number of hydrogen-bond donors (Lipinski definition) is 3. The summed E-state index contributed by atoms with van der Waals surface area (Å²) in [6.45, 7) is 3.22. The van der Waals surface area contributed by atoms with E-state index in [0.29, 0.717) is 19.6 Å². The summed E-state index contributed by atoms with van der Waals surface area (Å²) in [6.07, 6.45) is 0. The zero-order chi connectivity index (χ0) is 15.4. The van der Waals surface area contributed by atoms with E-state index in [4.69, 9.17) is 4.74 Å². The maximum absolute atomic E-state index is 12.5. The average molecular weight is 294 g/mol. The summed E-state index contributed by atoms with van der Waals surface area (Å²) in [5.41, 5.74) is 0.210. The van der Waals surface area contributed by atoms with E-state index in [2.05, 4.69) is 5.32 Å². The lowest BCUT2D eigenvalue weighted by Gasteiger charge is -2.34. The fourth-order valence-corrected chi connectivity index (χ4v) is 2.22. The van der Waals surface area contributed by atoms with Gasteiger partial charge in [-0.25, -0.2) is 4.79 Å². The van der Waals surface area contributed by atoms with Crippen LogP contribution >= 0.6 is 0 Å². The Morgan fingerprint density at radius 1 is 1.38 bits per heavy atom. The molecule has 0 aliphatic carbocycles. The minimum absolute atomic E-state index is 0.210. The molecule has 7 heteroatoms. The molecule has 1 unspecified atom stereocenters. The Hall–Kier alpha value is -2.28. The number of piperazine rings is 1. The van der Waals surface area contributed by atoms with Crippen LogP contribution in [0.15, 0.2) is 18.2 Å². The second kappa shape index (κ2) is 6.45. The zero-order valence-corrected chi connectivity index (χ0v) is 11.7. The first kappa shape index (κ1) is 15.1. The summed E-state index contributed by atoms with van der Waals surface area (Å²) in [5, 5.41) is 21.8. The number of rotatable bonds is 3. The van der Waals surface area contributed by atoms with Crippen LogP contribution < -0.4 is 5.32 Å². The van der Waals surface area contributed by atoms with Crippen molar-refractivity contribution < 1.29 is 24.5 Å². The Labute approximate surface area is 122 Å². The van der Waals surface area contributed by atoms with E-state index in [9.17, 15) is 19.8 Å². The number of carbonyl (C=O) groups is 2. The van der Waals surface area contributed by atoms with Crippen molar-refractivity contribution in [3.05, 3.63) is 23.8 Å². The summed E-state index contributed by atoms with van der Waals surface area (Å²) >= 11 is 0. The third-order valence-electron chi connectivity index (χ3n) is 3.29. The van der Waals surface area contributed by atoms with Gasteiger partial charge in [0.15, 0.2) is 11.5 Å². The highest BCUT2D eigenvalue weighted by molar-refractivity contribution is 5.97. The van der Waals surface area contributed by atoms with E-state index in [1.807, 2.05) is 0 Å². The molecule has 1 saturated heterocycles. The van der Waals surface area contributed by atoms with E-state index < -0.39 is 12.0 Å². The van der Waals surface area contributed by atoms with E-state index in [1.54, 1.807) is 6.92 Å². The summed E-state index contributed by atoms with van der Waals surface area (Å²) < 4.78 is 4.98. The Kier molecular flexibility index (Phi) is 4.64. The molecule has 1 amide bonds. The van der Waals surface area contributed by atoms with Gasteiger partial charge < -0.3 is 25.2 Å². The first-order valence-electron chi connectivity index (χ1n) is 6.75. The standard InChI is InChI=1S/C14H18N2O5/c1-2-21-14(20)10-8-15-5-6-16(10)13(19)9-3-4-11(17)12(18)7-9/h3-4,7,10,15,17-18H,2,5-6,8H2,1H3. The molecular weight excluding hydrogens is 276 g/mol. The molecule has 7 nitrogen and oxygen atoms in total. The number of aromatic hydroxyl groups is 2. The van der Waals surface area contributed by atoms with Crippen molar-refractivity contribution in [3.8, 4) is 11.5 Å². The van der Waals surface area contributed by atoms with E-state index in [1.165, 1.54) is 23.1 Å². The molecule has 1 fully saturated rings. The SMILES string of the molecule is CCOC(=O)C1CNCCN1C(=O)c1ccc(O)c(O)c1. The molecule has 0 aromatic heterocycles. The van der Waals surface area contributed by atoms with Gasteiger partial charge in [-0.1, -0.05) is 0 Å². The number of ether oxygens (including phenoxy) is 1. The highest BCUT2D eigenvalue weighted by Gasteiger charge is 2.33. The predicted molar refractivity (Wildman–Crippen MR) is 74.1 cm³/mol. The molecule has 1 aliphatic heterocycles. The molecule has 0 saturated carbocycles. The Bertz CT molecular complexity index is 546. The summed E-state index contributed by atoms with van der Waals surface area (Å²) in [5.74, 6) is -1.51. The lowest BCUT2D eigenvalue weighted by molar-refractivity contribution is -0.149. The van der Waals surface area contributed by atoms with Gasteiger partial charge in [-0.3, -0.25) is 4.79 Å². The van der Waals surface area contributed by atoms with E-state index >= 15 is 0 Å². The number of benzene rings is 1. The van der Waals surface area contributed by atoms with Gasteiger partial charge in [0.05, 0.1) is 6.61 Å². The van der Waals surface area contributed by atoms with Crippen molar-refractivity contribution in [2.24, 2.45) is 0 Å². The fourth-order valence-electron chi connectivity index (χ4n) is 2.22. The number of carbonyl (C=O) groups excluding carboxylic acids is 2. The van der Waals surface area contributed by atoms with Crippen LogP contribution in [0.3, 0.4) is 0 Å². The van der Waals surface area contributed by atoms with Gasteiger partial charge in [0.1, 0.15) is 6.04 Å². The molecule has 114 valence electrons. The molecule has 0 bridgehead atoms. The van der Waals surface area contributed by atoms with Crippen LogP contribution in [0.2, 0.25) is 0 Å². The normalized spacial score (nSPS) is 18.3. The average Bonchev–Trinajstić information content (AvgIpc) is 2.49. The van der Waals surface area contributed by atoms with E-state index in [0.717, 1.165) is 0 Å². The molecule has 1 aliphatic rings. The number of nitrogens with one attached hydrogen (secondary N) is 1. The monoisotopic (exact) mass is 294 g/mol. The van der Waals surface area contributed by atoms with Gasteiger partial charge in [0, 0.05) is 25.2 Å². The Balaban J connectivity index is 2.21. The molecule has 1 aromatic rings. The minimum Gasteiger partial charge on any atom is -0.504 e. The number of esters is 1. The second-order valence-electron chi connectivity index (χ2n) is 4.67. The number of phenolic OH excluding ortho intramolecular Hbond substituents is 2. The number of amides is 1. The molecule has 1 aromatic carbocycles. The first-order valence-corrected chi connectivity index (χ1v) is 6.75. The number of hydrogen-bond acceptors (Lipinski definition) is 6. The quantitative estimate of drug-likeness (QED) is 0.539. The van der Waals surface area contributed by atoms with Gasteiger partial charge >= 0.3 is 5.97 Å². The Morgan fingerprint density at radius 3 is 2.81 bits per heavy atom. The van der Waals surface area contributed by atoms with Crippen molar-refractivity contribution in [3.63, 3.8) is 0 Å². The van der Waals surface area contributed by atoms with Crippen molar-refractivity contribution in [1.29, 1.82) is 0 Å². The molecule has 1 heterocycles. The van der Waals surface area contributed by atoms with Crippen molar-refractivity contribution in [2.45, 2.75) is 13.0 Å². The summed E-state index contributed by atoms with van der Waals surface area (Å²) in [7, 11) is 0. The van der Waals surface area contributed by atoms with Crippen LogP contribution in [0.4, 0.5) is 0 Å². The predicted octanol–water partition coefficient (Wildman–Crippen LogP) is 0.0749. The Morgan fingerprint density at radius 2 is 2.14 bits per heavy atom. The van der Waals surface area contributed by atoms with Crippen molar-refractivity contribution in [1.82, 2.24) is 10.2 Å². The second-order valence-corrected chi connectivity index (χ2v) is 4.67. The number of nitrogens with zero attached hydrogens (tertiary/aromatic N) is 1. The molecule has 21 heavy (non-hydrogen) atoms. The maximum atomic E-state index is 12.5. The van der Waals surface area contributed by atoms with Crippen LogP contribution in [0.25, 0.3) is 0 Å². The van der Waals surface area contributed by atoms with Crippen molar-refractivity contribution >= 4 is 11.9 Å². The molecule has 1 atom stereocenters. The van der Waals surface area contributed by atoms with Crippen LogP contribution in [0.5, 0.6) is 11.5 Å². The van der Waals surface area contributed by atoms with Gasteiger partial charge in [-0.05, 0) is 25.1 Å². The fraction of sp³-hybridized carbons (Fsp3) is 0.429. The van der Waals surface area contributed by atoms with Crippen LogP contribution in [-0.2, 0) is 9.53 Å². The van der Waals surface area contributed by atoms with E-state index in [-0.39, 0.29) is 29.6 Å². The molecular formula is C14H18N2O5. The number of phenols is 2. The van der Waals surface area contributed by atoms with Crippen LogP contribution in [0.1, 0.15) is 17.3 Å². The van der Waals surface area contributed by atoms with Gasteiger partial charge in [-0.15, -0.1) is 0 Å². The largest absolute Gasteiger partial charge is 0.504 e. The van der Waals surface area contributed by atoms with Gasteiger partial charge in [0.2, 0.25) is 0 Å². The molecule has 0 spiro atoms. The van der Waals surface area contributed by atoms with Crippen molar-refractivity contribution in [2.75, 3.05) is 26.2 Å². The third kappa shape index (κ3) is 3.25. The van der Waals surface area contributed by atoms with Crippen LogP contribution in [0, 0.1) is 0 Å². The lowest BCUT2D eigenvalue weighted by Crippen LogP contribution is -2.57. The highest BCUT2D eigenvalue weighted by Crippen LogP contribution is 2.26. The molecule has 2 rings (SSSR count). The smallest absolute Gasteiger partial charge is 0.330 e. The molecule has 0 radical (unpaired) electrons. The van der Waals surface area contributed by atoms with Gasteiger partial charge in [-0.2, -0.15) is 0 Å². The lowest BCUT2D eigenvalue weighted by atomic mass is 10.1. The summed E-state index contributed by atoms with van der Waals surface area (Å²) in [4.78, 5) is 25.8. The maximum Gasteiger partial charge on any atom is 0.330 e. The minimum atomic E-state index is -0.692. The third-order valence-corrected chi connectivity index (χ3v) is 3.29. The van der Waals surface area contributed by atoms with Crippen LogP contribution in [-0.4, -0.2) is 59.3 Å². The highest BCUT2D eigenvalue weighted by atomic mass is 16.5.